The average Bonchev–Trinajstić information content (AvgIpc) is 3.78. The molecule has 0 spiro atoms. The van der Waals surface area contributed by atoms with Gasteiger partial charge in [-0.2, -0.15) is 15.2 Å². The molecule has 41 heavy (non-hydrogen) atoms. The summed E-state index contributed by atoms with van der Waals surface area (Å²) in [6.45, 7) is 3.73. The summed E-state index contributed by atoms with van der Waals surface area (Å²) >= 11 is 2.70. The van der Waals surface area contributed by atoms with E-state index in [1.807, 2.05) is 53.2 Å². The van der Waals surface area contributed by atoms with Crippen LogP contribution in [0.1, 0.15) is 35.2 Å². The van der Waals surface area contributed by atoms with Gasteiger partial charge in [0, 0.05) is 46.7 Å². The highest BCUT2D eigenvalue weighted by atomic mass is 32.1. The normalized spacial score (nSPS) is 16.7. The molecule has 4 aromatic rings. The number of piperidine rings is 1. The number of carbonyl (C=O) groups is 2. The van der Waals surface area contributed by atoms with Gasteiger partial charge in [-0.3, -0.25) is 15.0 Å². The van der Waals surface area contributed by atoms with E-state index in [0.717, 1.165) is 30.8 Å². The Hall–Kier alpha value is -4.26. The van der Waals surface area contributed by atoms with E-state index in [9.17, 15) is 9.59 Å². The summed E-state index contributed by atoms with van der Waals surface area (Å²) in [6.07, 6.45) is 5.43. The molecule has 0 aliphatic carbocycles. The Balaban J connectivity index is 1.15. The molecular weight excluding hydrogens is 557 g/mol. The Labute approximate surface area is 245 Å². The van der Waals surface area contributed by atoms with E-state index in [-0.39, 0.29) is 17.5 Å². The van der Waals surface area contributed by atoms with Crippen LogP contribution in [-0.2, 0) is 4.79 Å². The Morgan fingerprint density at radius 3 is 2.54 bits per heavy atom. The molecule has 2 aliphatic rings. The van der Waals surface area contributed by atoms with Gasteiger partial charge in [0.15, 0.2) is 5.71 Å². The lowest BCUT2D eigenvalue weighted by Crippen LogP contribution is -2.37. The average molecular weight is 585 g/mol. The third-order valence-electron chi connectivity index (χ3n) is 6.84. The molecular formula is C29H28N8O2S2. The van der Waals surface area contributed by atoms with Gasteiger partial charge in [-0.15, -0.1) is 22.7 Å². The summed E-state index contributed by atoms with van der Waals surface area (Å²) in [7, 11) is 0. The molecule has 2 amide bonds. The van der Waals surface area contributed by atoms with Crippen molar-refractivity contribution in [3.63, 3.8) is 0 Å². The molecule has 4 heterocycles. The second-order valence-corrected chi connectivity index (χ2v) is 11.3. The number of hydrogen-bond acceptors (Lipinski definition) is 10. The van der Waals surface area contributed by atoms with Crippen molar-refractivity contribution in [1.29, 1.82) is 0 Å². The van der Waals surface area contributed by atoms with Crippen molar-refractivity contribution in [1.82, 2.24) is 20.2 Å². The highest BCUT2D eigenvalue weighted by Crippen LogP contribution is 2.30. The first-order chi connectivity index (χ1) is 20.2. The van der Waals surface area contributed by atoms with Crippen LogP contribution in [0.3, 0.4) is 0 Å². The molecule has 2 aromatic heterocycles. The van der Waals surface area contributed by atoms with Crippen LogP contribution < -0.4 is 15.8 Å². The number of nitrogens with one attached hydrogen (secondary N) is 2. The van der Waals surface area contributed by atoms with Gasteiger partial charge < -0.3 is 10.2 Å². The molecule has 12 heteroatoms. The SMILES string of the molecule is O=C(NCCN1CCCCC1)c1ccc(-c2csc(N3N=C(c4ccccc4)/C(=N/Nc4nccs4)C3=O)n2)cc1. The number of anilines is 2. The summed E-state index contributed by atoms with van der Waals surface area (Å²) in [5.74, 6) is -0.471. The number of amides is 2. The zero-order valence-electron chi connectivity index (χ0n) is 22.2. The molecule has 0 saturated carbocycles. The number of thiazole rings is 2. The quantitative estimate of drug-likeness (QED) is 0.276. The maximum atomic E-state index is 13.4. The molecule has 2 aromatic carbocycles. The van der Waals surface area contributed by atoms with Gasteiger partial charge in [-0.1, -0.05) is 48.9 Å². The molecule has 0 radical (unpaired) electrons. The minimum absolute atomic E-state index is 0.0869. The van der Waals surface area contributed by atoms with Crippen molar-refractivity contribution in [2.24, 2.45) is 10.2 Å². The predicted molar refractivity (Wildman–Crippen MR) is 164 cm³/mol. The van der Waals surface area contributed by atoms with Gasteiger partial charge in [0.1, 0.15) is 5.71 Å². The van der Waals surface area contributed by atoms with Gasteiger partial charge in [0.05, 0.1) is 5.69 Å². The first-order valence-corrected chi connectivity index (χ1v) is 15.2. The summed E-state index contributed by atoms with van der Waals surface area (Å²) in [5.41, 5.74) is 6.39. The topological polar surface area (TPSA) is 115 Å². The Kier molecular flexibility index (Phi) is 8.21. The maximum Gasteiger partial charge on any atom is 0.303 e. The number of carbonyl (C=O) groups excluding carboxylic acids is 2. The number of aromatic nitrogens is 2. The minimum atomic E-state index is -0.384. The first-order valence-electron chi connectivity index (χ1n) is 13.4. The molecule has 1 saturated heterocycles. The lowest BCUT2D eigenvalue weighted by atomic mass is 10.1. The fraction of sp³-hybridized carbons (Fsp3) is 0.241. The standard InChI is InChI=1S/C29H28N8O2S2/c38-26(30-13-17-36-15-5-2-6-16-36)22-11-9-20(10-12-22)23-19-41-29(32-23)37-27(39)25(33-34-28-31-14-18-40-28)24(35-37)21-7-3-1-4-8-21/h1,3-4,7-12,14,18-19H,2,5-6,13,15-17H2,(H,30,38)(H,31,34)/b33-25-. The highest BCUT2D eigenvalue weighted by molar-refractivity contribution is 7.14. The molecule has 0 atom stereocenters. The molecule has 0 bridgehead atoms. The smallest absolute Gasteiger partial charge is 0.303 e. The fourth-order valence-corrected chi connectivity index (χ4v) is 5.95. The van der Waals surface area contributed by atoms with Gasteiger partial charge in [-0.05, 0) is 38.1 Å². The van der Waals surface area contributed by atoms with Crippen LogP contribution in [0.25, 0.3) is 11.3 Å². The number of hydrazone groups is 2. The molecule has 1 fully saturated rings. The Bertz CT molecular complexity index is 1560. The molecule has 0 unspecified atom stereocenters. The summed E-state index contributed by atoms with van der Waals surface area (Å²) < 4.78 is 0. The Morgan fingerprint density at radius 2 is 1.78 bits per heavy atom. The lowest BCUT2D eigenvalue weighted by Gasteiger charge is -2.26. The van der Waals surface area contributed by atoms with E-state index in [4.69, 9.17) is 0 Å². The molecule has 2 aliphatic heterocycles. The van der Waals surface area contributed by atoms with Gasteiger partial charge >= 0.3 is 5.91 Å². The summed E-state index contributed by atoms with van der Waals surface area (Å²) in [5, 5.41) is 17.9. The summed E-state index contributed by atoms with van der Waals surface area (Å²) in [6, 6.07) is 16.8. The van der Waals surface area contributed by atoms with Crippen molar-refractivity contribution in [2.75, 3.05) is 36.6 Å². The van der Waals surface area contributed by atoms with E-state index in [0.29, 0.717) is 33.8 Å². The third-order valence-corrected chi connectivity index (χ3v) is 8.33. The van der Waals surface area contributed by atoms with Crippen molar-refractivity contribution < 1.29 is 9.59 Å². The van der Waals surface area contributed by atoms with Gasteiger partial charge in [0.25, 0.3) is 5.91 Å². The predicted octanol–water partition coefficient (Wildman–Crippen LogP) is 4.70. The van der Waals surface area contributed by atoms with Gasteiger partial charge in [0.2, 0.25) is 10.3 Å². The summed E-state index contributed by atoms with van der Waals surface area (Å²) in [4.78, 5) is 37.3. The van der Waals surface area contributed by atoms with E-state index < -0.39 is 0 Å². The lowest BCUT2D eigenvalue weighted by molar-refractivity contribution is -0.112. The number of benzene rings is 2. The zero-order valence-corrected chi connectivity index (χ0v) is 23.8. The van der Waals surface area contributed by atoms with E-state index in [1.165, 1.54) is 46.9 Å². The number of rotatable bonds is 9. The molecule has 2 N–H and O–H groups in total. The van der Waals surface area contributed by atoms with Crippen LogP contribution in [0.4, 0.5) is 10.3 Å². The van der Waals surface area contributed by atoms with Crippen LogP contribution >= 0.6 is 22.7 Å². The van der Waals surface area contributed by atoms with Crippen molar-refractivity contribution >= 4 is 56.2 Å². The van der Waals surface area contributed by atoms with E-state index >= 15 is 0 Å². The second-order valence-electron chi connectivity index (χ2n) is 9.59. The number of nitrogens with zero attached hydrogens (tertiary/aromatic N) is 6. The zero-order chi connectivity index (χ0) is 28.0. The van der Waals surface area contributed by atoms with E-state index in [1.54, 1.807) is 18.3 Å². The van der Waals surface area contributed by atoms with Gasteiger partial charge in [-0.25, -0.2) is 9.97 Å². The largest absolute Gasteiger partial charge is 0.351 e. The Morgan fingerprint density at radius 1 is 0.976 bits per heavy atom. The van der Waals surface area contributed by atoms with Crippen LogP contribution in [0.5, 0.6) is 0 Å². The highest BCUT2D eigenvalue weighted by Gasteiger charge is 2.35. The third kappa shape index (κ3) is 6.24. The fourth-order valence-electron chi connectivity index (χ4n) is 4.70. The minimum Gasteiger partial charge on any atom is -0.351 e. The monoisotopic (exact) mass is 584 g/mol. The van der Waals surface area contributed by atoms with Crippen LogP contribution in [0.15, 0.2) is 81.8 Å². The van der Waals surface area contributed by atoms with Crippen LogP contribution in [-0.4, -0.2) is 64.3 Å². The van der Waals surface area contributed by atoms with Crippen molar-refractivity contribution in [3.8, 4) is 11.3 Å². The van der Waals surface area contributed by atoms with Crippen molar-refractivity contribution in [2.45, 2.75) is 19.3 Å². The van der Waals surface area contributed by atoms with Crippen LogP contribution in [0, 0.1) is 0 Å². The molecule has 6 rings (SSSR count). The number of hydrogen-bond donors (Lipinski definition) is 2. The van der Waals surface area contributed by atoms with E-state index in [2.05, 4.69) is 35.8 Å². The number of likely N-dealkylation sites (tertiary alicyclic amines) is 1. The molecule has 208 valence electrons. The maximum absolute atomic E-state index is 13.4. The molecule has 10 nitrogen and oxygen atoms in total. The van der Waals surface area contributed by atoms with Crippen molar-refractivity contribution in [3.05, 3.63) is 82.7 Å². The second kappa shape index (κ2) is 12.5. The van der Waals surface area contributed by atoms with Crippen LogP contribution in [0.2, 0.25) is 0 Å². The first kappa shape index (κ1) is 26.9.